The van der Waals surface area contributed by atoms with Crippen LogP contribution in [0.15, 0.2) is 47.3 Å². The Labute approximate surface area is 171 Å². The van der Waals surface area contributed by atoms with Gasteiger partial charge in [-0.15, -0.1) is 12.4 Å². The molecule has 0 saturated carbocycles. The summed E-state index contributed by atoms with van der Waals surface area (Å²) in [6.45, 7) is 1.76. The fourth-order valence-corrected chi connectivity index (χ4v) is 4.16. The van der Waals surface area contributed by atoms with Gasteiger partial charge in [-0.2, -0.15) is 5.10 Å². The molecule has 5 rings (SSSR count). The molecule has 5 nitrogen and oxygen atoms in total. The Morgan fingerprint density at radius 1 is 1.03 bits per heavy atom. The van der Waals surface area contributed by atoms with E-state index in [9.17, 15) is 13.6 Å². The molecular weight excluding hydrogens is 398 g/mol. The number of H-pyrrole nitrogens is 1. The van der Waals surface area contributed by atoms with Crippen molar-refractivity contribution in [3.8, 4) is 11.1 Å². The molecule has 2 aromatic heterocycles. The maximum atomic E-state index is 14.5. The van der Waals surface area contributed by atoms with Crippen LogP contribution in [-0.4, -0.2) is 27.7 Å². The Balaban J connectivity index is 0.00000205. The Morgan fingerprint density at radius 2 is 1.72 bits per heavy atom. The van der Waals surface area contributed by atoms with Gasteiger partial charge in [0.05, 0.1) is 22.2 Å². The Hall–Kier alpha value is -2.77. The predicted molar refractivity (Wildman–Crippen MR) is 111 cm³/mol. The molecule has 29 heavy (non-hydrogen) atoms. The number of benzene rings is 2. The molecule has 1 fully saturated rings. The van der Waals surface area contributed by atoms with Crippen molar-refractivity contribution in [2.75, 3.05) is 13.1 Å². The summed E-state index contributed by atoms with van der Waals surface area (Å²) in [5, 5.41) is 8.52. The van der Waals surface area contributed by atoms with Gasteiger partial charge in [0.25, 0.3) is 5.56 Å². The van der Waals surface area contributed by atoms with Gasteiger partial charge in [-0.25, -0.2) is 13.3 Å². The molecule has 0 atom stereocenters. The lowest BCUT2D eigenvalue weighted by Gasteiger charge is -2.23. The van der Waals surface area contributed by atoms with Gasteiger partial charge in [-0.05, 0) is 44.1 Å². The number of aromatic amines is 1. The second-order valence-electron chi connectivity index (χ2n) is 7.14. The highest BCUT2D eigenvalue weighted by molar-refractivity contribution is 6.04. The molecule has 0 amide bonds. The van der Waals surface area contributed by atoms with E-state index in [0.29, 0.717) is 22.1 Å². The smallest absolute Gasteiger partial charge is 0.251 e. The van der Waals surface area contributed by atoms with Gasteiger partial charge in [0.1, 0.15) is 17.3 Å². The molecule has 1 aliphatic rings. The van der Waals surface area contributed by atoms with E-state index in [1.165, 1.54) is 18.2 Å². The second-order valence-corrected chi connectivity index (χ2v) is 7.14. The molecule has 2 aromatic carbocycles. The van der Waals surface area contributed by atoms with Crippen molar-refractivity contribution in [3.63, 3.8) is 0 Å². The molecule has 1 saturated heterocycles. The zero-order chi connectivity index (χ0) is 19.3. The van der Waals surface area contributed by atoms with Crippen LogP contribution in [0.2, 0.25) is 0 Å². The lowest BCUT2D eigenvalue weighted by atomic mass is 9.94. The fraction of sp³-hybridized carbons (Fsp3) is 0.238. The first-order valence-electron chi connectivity index (χ1n) is 9.33. The summed E-state index contributed by atoms with van der Waals surface area (Å²) in [7, 11) is 0. The monoisotopic (exact) mass is 416 g/mol. The van der Waals surface area contributed by atoms with Gasteiger partial charge in [-0.3, -0.25) is 4.79 Å². The molecule has 4 aromatic rings. The Bertz CT molecular complexity index is 1240. The van der Waals surface area contributed by atoms with Crippen LogP contribution in [0.1, 0.15) is 24.5 Å². The summed E-state index contributed by atoms with van der Waals surface area (Å²) >= 11 is 0. The van der Waals surface area contributed by atoms with Crippen molar-refractivity contribution in [3.05, 3.63) is 70.1 Å². The predicted octanol–water partition coefficient (Wildman–Crippen LogP) is 4.01. The molecule has 0 radical (unpaired) electrons. The van der Waals surface area contributed by atoms with E-state index in [0.717, 1.165) is 31.6 Å². The normalized spacial score (nSPS) is 15.0. The molecule has 2 N–H and O–H groups in total. The molecule has 3 heterocycles. The molecule has 8 heteroatoms. The lowest BCUT2D eigenvalue weighted by molar-refractivity contribution is 0.446. The number of rotatable bonds is 2. The van der Waals surface area contributed by atoms with E-state index in [1.54, 1.807) is 28.8 Å². The van der Waals surface area contributed by atoms with Gasteiger partial charge in [0.15, 0.2) is 0 Å². The van der Waals surface area contributed by atoms with Crippen molar-refractivity contribution in [2.24, 2.45) is 0 Å². The molecule has 0 bridgehead atoms. The highest BCUT2D eigenvalue weighted by Gasteiger charge is 2.23. The first kappa shape index (κ1) is 19.5. The maximum absolute atomic E-state index is 14.5. The summed E-state index contributed by atoms with van der Waals surface area (Å²) in [6.07, 6.45) is 1.81. The van der Waals surface area contributed by atoms with E-state index >= 15 is 0 Å². The van der Waals surface area contributed by atoms with Gasteiger partial charge >= 0.3 is 0 Å². The largest absolute Gasteiger partial charge is 0.317 e. The number of aromatic nitrogens is 3. The van der Waals surface area contributed by atoms with Crippen LogP contribution >= 0.6 is 12.4 Å². The Morgan fingerprint density at radius 3 is 2.45 bits per heavy atom. The highest BCUT2D eigenvalue weighted by Crippen LogP contribution is 2.35. The first-order chi connectivity index (χ1) is 13.6. The SMILES string of the molecule is Cl.O=c1cc(C2CCNCC2)n2nc3cccc(-c4c(F)cccc4F)c3c2[nH]1. The van der Waals surface area contributed by atoms with Gasteiger partial charge in [0.2, 0.25) is 0 Å². The van der Waals surface area contributed by atoms with Crippen LogP contribution in [-0.2, 0) is 0 Å². The minimum Gasteiger partial charge on any atom is -0.317 e. The number of halogens is 3. The van der Waals surface area contributed by atoms with Gasteiger partial charge in [0, 0.05) is 17.5 Å². The maximum Gasteiger partial charge on any atom is 0.251 e. The van der Waals surface area contributed by atoms with Gasteiger partial charge < -0.3 is 10.3 Å². The first-order valence-corrected chi connectivity index (χ1v) is 9.33. The van der Waals surface area contributed by atoms with Crippen LogP contribution < -0.4 is 10.9 Å². The van der Waals surface area contributed by atoms with E-state index in [1.807, 2.05) is 0 Å². The van der Waals surface area contributed by atoms with E-state index < -0.39 is 11.6 Å². The highest BCUT2D eigenvalue weighted by atomic mass is 35.5. The summed E-state index contributed by atoms with van der Waals surface area (Å²) in [5.74, 6) is -1.10. The van der Waals surface area contributed by atoms with Gasteiger partial charge in [-0.1, -0.05) is 18.2 Å². The van der Waals surface area contributed by atoms with Crippen LogP contribution in [0, 0.1) is 11.6 Å². The standard InChI is InChI=1S/C21H18F2N4O.ClH/c22-14-4-2-5-15(23)19(14)13-3-1-6-16-20(13)21-25-18(28)11-17(27(21)26-16)12-7-9-24-10-8-12;/h1-6,11-12,24H,7-10H2,(H,25,28);1H. The minimum absolute atomic E-state index is 0. The average molecular weight is 417 g/mol. The zero-order valence-corrected chi connectivity index (χ0v) is 16.2. The molecular formula is C21H19ClF2N4O. The number of piperidine rings is 1. The quantitative estimate of drug-likeness (QED) is 0.519. The Kier molecular flexibility index (Phi) is 5.10. The summed E-state index contributed by atoms with van der Waals surface area (Å²) < 4.78 is 30.7. The average Bonchev–Trinajstić information content (AvgIpc) is 3.07. The van der Waals surface area contributed by atoms with E-state index in [-0.39, 0.29) is 29.4 Å². The number of nitrogens with one attached hydrogen (secondary N) is 2. The topological polar surface area (TPSA) is 62.2 Å². The zero-order valence-electron chi connectivity index (χ0n) is 15.4. The molecule has 0 spiro atoms. The number of nitrogens with zero attached hydrogens (tertiary/aromatic N) is 2. The number of hydrogen-bond acceptors (Lipinski definition) is 3. The summed E-state index contributed by atoms with van der Waals surface area (Å²) in [5.41, 5.74) is 1.90. The van der Waals surface area contributed by atoms with Crippen molar-refractivity contribution >= 4 is 29.0 Å². The second kappa shape index (κ2) is 7.57. The van der Waals surface area contributed by atoms with Crippen molar-refractivity contribution in [2.45, 2.75) is 18.8 Å². The summed E-state index contributed by atoms with van der Waals surface area (Å²) in [6, 6.07) is 10.5. The van der Waals surface area contributed by atoms with E-state index in [2.05, 4.69) is 15.4 Å². The molecule has 0 aliphatic carbocycles. The molecule has 1 aliphatic heterocycles. The third-order valence-electron chi connectivity index (χ3n) is 5.45. The summed E-state index contributed by atoms with van der Waals surface area (Å²) in [4.78, 5) is 15.2. The van der Waals surface area contributed by atoms with E-state index in [4.69, 9.17) is 0 Å². The molecule has 0 unspecified atom stereocenters. The van der Waals surface area contributed by atoms with Crippen LogP contribution in [0.5, 0.6) is 0 Å². The third kappa shape index (κ3) is 3.20. The van der Waals surface area contributed by atoms with Crippen LogP contribution in [0.25, 0.3) is 27.7 Å². The number of hydrogen-bond donors (Lipinski definition) is 2. The third-order valence-corrected chi connectivity index (χ3v) is 5.45. The van der Waals surface area contributed by atoms with Crippen LogP contribution in [0.4, 0.5) is 8.78 Å². The molecule has 150 valence electrons. The van der Waals surface area contributed by atoms with Crippen molar-refractivity contribution < 1.29 is 8.78 Å². The van der Waals surface area contributed by atoms with Crippen LogP contribution in [0.3, 0.4) is 0 Å². The van der Waals surface area contributed by atoms with Crippen molar-refractivity contribution in [1.29, 1.82) is 0 Å². The van der Waals surface area contributed by atoms with Crippen molar-refractivity contribution in [1.82, 2.24) is 19.9 Å². The fourth-order valence-electron chi connectivity index (χ4n) is 4.16. The number of fused-ring (bicyclic) bond motifs is 3. The minimum atomic E-state index is -0.649. The lowest BCUT2D eigenvalue weighted by Crippen LogP contribution is -2.28.